The Labute approximate surface area is 132 Å². The maximum absolute atomic E-state index is 12.0. The number of rotatable bonds is 9. The molecular weight excluding hydrogens is 364 g/mol. The Morgan fingerprint density at radius 2 is 2.14 bits per heavy atom. The van der Waals surface area contributed by atoms with Crippen LogP contribution in [0.4, 0.5) is 5.69 Å². The Kier molecular flexibility index (Phi) is 7.29. The molecule has 0 aliphatic carbocycles. The van der Waals surface area contributed by atoms with Crippen molar-refractivity contribution in [2.75, 3.05) is 38.4 Å². The molecule has 2 N–H and O–H groups in total. The number of anilines is 1. The highest BCUT2D eigenvalue weighted by molar-refractivity contribution is 9.10. The Balaban J connectivity index is 2.53. The first-order chi connectivity index (χ1) is 9.85. The van der Waals surface area contributed by atoms with E-state index in [4.69, 9.17) is 4.74 Å². The zero-order valence-electron chi connectivity index (χ0n) is 11.9. The first-order valence-corrected chi connectivity index (χ1v) is 8.96. The minimum Gasteiger partial charge on any atom is -0.383 e. The quantitative estimate of drug-likeness (QED) is 0.583. The molecule has 0 aliphatic heterocycles. The fourth-order valence-electron chi connectivity index (χ4n) is 1.49. The lowest BCUT2D eigenvalue weighted by atomic mass is 10.4. The highest BCUT2D eigenvalue weighted by Crippen LogP contribution is 2.15. The summed E-state index contributed by atoms with van der Waals surface area (Å²) in [5, 5.41) is 7.07. The lowest BCUT2D eigenvalue weighted by Crippen LogP contribution is -2.27. The third kappa shape index (κ3) is 6.55. The second-order valence-corrected chi connectivity index (χ2v) is 6.97. The van der Waals surface area contributed by atoms with E-state index in [1.165, 1.54) is 4.68 Å². The van der Waals surface area contributed by atoms with Gasteiger partial charge in [-0.15, -0.1) is 0 Å². The predicted molar refractivity (Wildman–Crippen MR) is 84.0 cm³/mol. The third-order valence-electron chi connectivity index (χ3n) is 2.53. The first-order valence-electron chi connectivity index (χ1n) is 6.28. The molecule has 0 unspecified atom stereocenters. The van der Waals surface area contributed by atoms with Crippen LogP contribution in [0.2, 0.25) is 0 Å². The third-order valence-corrected chi connectivity index (χ3v) is 4.02. The molecule has 0 fully saturated rings. The van der Waals surface area contributed by atoms with Crippen LogP contribution in [0.3, 0.4) is 0 Å². The number of hydrogen-bond donors (Lipinski definition) is 2. The summed E-state index contributed by atoms with van der Waals surface area (Å²) in [7, 11) is -1.61. The fourth-order valence-corrected chi connectivity index (χ4v) is 2.46. The fraction of sp³-hybridized carbons (Fsp3) is 0.636. The van der Waals surface area contributed by atoms with Crippen molar-refractivity contribution < 1.29 is 13.2 Å². The van der Waals surface area contributed by atoms with Crippen molar-refractivity contribution in [2.24, 2.45) is 0 Å². The summed E-state index contributed by atoms with van der Waals surface area (Å²) < 4.78 is 30.8. The molecule has 1 aromatic heterocycles. The highest BCUT2D eigenvalue weighted by atomic mass is 79.9. The number of sulfonamides is 1. The predicted octanol–water partition coefficient (Wildman–Crippen LogP) is 0.00340. The molecular formula is C11H19BrN4O4S. The molecule has 0 aromatic carbocycles. The van der Waals surface area contributed by atoms with Crippen molar-refractivity contribution in [1.29, 1.82) is 0 Å². The molecule has 1 rings (SSSR count). The van der Waals surface area contributed by atoms with Crippen molar-refractivity contribution in [2.45, 2.75) is 13.0 Å². The normalized spacial score (nSPS) is 11.6. The van der Waals surface area contributed by atoms with E-state index in [2.05, 4.69) is 31.1 Å². The maximum Gasteiger partial charge on any atom is 0.283 e. The van der Waals surface area contributed by atoms with E-state index >= 15 is 0 Å². The Morgan fingerprint density at radius 1 is 1.43 bits per heavy atom. The van der Waals surface area contributed by atoms with Crippen molar-refractivity contribution in [3.05, 3.63) is 21.0 Å². The Hall–Kier alpha value is -0.970. The van der Waals surface area contributed by atoms with Gasteiger partial charge in [-0.05, 0) is 22.4 Å². The van der Waals surface area contributed by atoms with Gasteiger partial charge in [-0.25, -0.2) is 17.8 Å². The number of nitrogens with zero attached hydrogens (tertiary/aromatic N) is 2. The standard InChI is InChI=1S/C11H19BrN4O4S/c1-20-7-6-16-11(17)10(12)9(8-14-16)13-4-3-5-15-21(2,18)19/h8,13,15H,3-7H2,1-2H3. The van der Waals surface area contributed by atoms with Crippen LogP contribution in [0.15, 0.2) is 15.5 Å². The molecule has 120 valence electrons. The minimum absolute atomic E-state index is 0.244. The van der Waals surface area contributed by atoms with Crippen molar-refractivity contribution in [1.82, 2.24) is 14.5 Å². The molecule has 0 aliphatic rings. The lowest BCUT2D eigenvalue weighted by molar-refractivity contribution is 0.181. The highest BCUT2D eigenvalue weighted by Gasteiger charge is 2.08. The smallest absolute Gasteiger partial charge is 0.283 e. The molecule has 0 saturated carbocycles. The number of ether oxygens (including phenoxy) is 1. The second kappa shape index (κ2) is 8.47. The largest absolute Gasteiger partial charge is 0.383 e. The summed E-state index contributed by atoms with van der Waals surface area (Å²) in [5.41, 5.74) is 0.333. The van der Waals surface area contributed by atoms with Gasteiger partial charge in [0, 0.05) is 20.2 Å². The summed E-state index contributed by atoms with van der Waals surface area (Å²) in [6.07, 6.45) is 3.25. The molecule has 1 heterocycles. The molecule has 0 atom stereocenters. The van der Waals surface area contributed by atoms with E-state index in [-0.39, 0.29) is 5.56 Å². The topological polar surface area (TPSA) is 102 Å². The van der Waals surface area contributed by atoms with Crippen LogP contribution in [0, 0.1) is 0 Å². The van der Waals surface area contributed by atoms with Gasteiger partial charge in [-0.1, -0.05) is 0 Å². The van der Waals surface area contributed by atoms with Gasteiger partial charge >= 0.3 is 0 Å². The molecule has 1 aromatic rings. The molecule has 0 spiro atoms. The lowest BCUT2D eigenvalue weighted by Gasteiger charge is -2.10. The molecule has 0 radical (unpaired) electrons. The van der Waals surface area contributed by atoms with Crippen LogP contribution in [0.1, 0.15) is 6.42 Å². The van der Waals surface area contributed by atoms with E-state index in [0.29, 0.717) is 42.8 Å². The number of methoxy groups -OCH3 is 1. The van der Waals surface area contributed by atoms with Crippen LogP contribution < -0.4 is 15.6 Å². The van der Waals surface area contributed by atoms with Crippen LogP contribution >= 0.6 is 15.9 Å². The van der Waals surface area contributed by atoms with E-state index in [0.717, 1.165) is 6.26 Å². The molecule has 0 amide bonds. The van der Waals surface area contributed by atoms with Crippen LogP contribution in [-0.4, -0.2) is 51.3 Å². The van der Waals surface area contributed by atoms with Gasteiger partial charge < -0.3 is 10.1 Å². The van der Waals surface area contributed by atoms with Gasteiger partial charge in [-0.2, -0.15) is 5.10 Å². The summed E-state index contributed by atoms with van der Waals surface area (Å²) >= 11 is 3.24. The zero-order chi connectivity index (χ0) is 15.9. The second-order valence-electron chi connectivity index (χ2n) is 4.34. The number of nitrogens with one attached hydrogen (secondary N) is 2. The van der Waals surface area contributed by atoms with Gasteiger partial charge in [0.2, 0.25) is 10.0 Å². The van der Waals surface area contributed by atoms with E-state index in [1.54, 1.807) is 13.3 Å². The Bertz CT molecular complexity index is 617. The SMILES string of the molecule is COCCn1ncc(NCCCNS(C)(=O)=O)c(Br)c1=O. The summed E-state index contributed by atoms with van der Waals surface area (Å²) in [6.45, 7) is 1.64. The number of halogens is 1. The summed E-state index contributed by atoms with van der Waals surface area (Å²) in [6, 6.07) is 0. The zero-order valence-corrected chi connectivity index (χ0v) is 14.3. The summed E-state index contributed by atoms with van der Waals surface area (Å²) in [4.78, 5) is 12.0. The van der Waals surface area contributed by atoms with Gasteiger partial charge in [0.05, 0.1) is 31.3 Å². The number of aromatic nitrogens is 2. The number of hydrogen-bond acceptors (Lipinski definition) is 6. The monoisotopic (exact) mass is 382 g/mol. The van der Waals surface area contributed by atoms with Gasteiger partial charge in [0.15, 0.2) is 0 Å². The minimum atomic E-state index is -3.16. The van der Waals surface area contributed by atoms with Crippen molar-refractivity contribution in [3.8, 4) is 0 Å². The van der Waals surface area contributed by atoms with E-state index < -0.39 is 10.0 Å². The molecule has 0 bridgehead atoms. The summed E-state index contributed by atoms with van der Waals surface area (Å²) in [5.74, 6) is 0. The van der Waals surface area contributed by atoms with E-state index in [1.807, 2.05) is 0 Å². The van der Waals surface area contributed by atoms with Crippen LogP contribution in [0.25, 0.3) is 0 Å². The van der Waals surface area contributed by atoms with Gasteiger partial charge in [0.1, 0.15) is 4.47 Å². The Morgan fingerprint density at radius 3 is 2.76 bits per heavy atom. The van der Waals surface area contributed by atoms with Gasteiger partial charge in [-0.3, -0.25) is 4.79 Å². The molecule has 10 heteroatoms. The molecule has 0 saturated heterocycles. The van der Waals surface area contributed by atoms with Gasteiger partial charge in [0.25, 0.3) is 5.56 Å². The first kappa shape index (κ1) is 18.1. The molecule has 21 heavy (non-hydrogen) atoms. The average molecular weight is 383 g/mol. The van der Waals surface area contributed by atoms with Crippen LogP contribution in [0.5, 0.6) is 0 Å². The maximum atomic E-state index is 12.0. The molecule has 8 nitrogen and oxygen atoms in total. The van der Waals surface area contributed by atoms with E-state index in [9.17, 15) is 13.2 Å². The van der Waals surface area contributed by atoms with Crippen molar-refractivity contribution in [3.63, 3.8) is 0 Å². The van der Waals surface area contributed by atoms with Crippen LogP contribution in [-0.2, 0) is 21.3 Å². The average Bonchev–Trinajstić information content (AvgIpc) is 2.41. The van der Waals surface area contributed by atoms with Crippen molar-refractivity contribution >= 4 is 31.6 Å².